The molecule has 2 aliphatic heterocycles. The summed E-state index contributed by atoms with van der Waals surface area (Å²) in [5, 5.41) is 2.63. The minimum atomic E-state index is -0.395. The van der Waals surface area contributed by atoms with Gasteiger partial charge in [0, 0.05) is 19.6 Å². The topological polar surface area (TPSA) is 69.7 Å². The number of amides is 3. The number of hydrogen-bond donors (Lipinski definition) is 1. The number of likely N-dealkylation sites (tertiary alicyclic amines) is 2. The van der Waals surface area contributed by atoms with Crippen LogP contribution in [0.1, 0.15) is 25.7 Å². The van der Waals surface area contributed by atoms with Crippen LogP contribution in [0, 0.1) is 0 Å². The highest BCUT2D eigenvalue weighted by molar-refractivity contribution is 5.88. The minimum absolute atomic E-state index is 0.0310. The smallest absolute Gasteiger partial charge is 0.243 e. The van der Waals surface area contributed by atoms with E-state index in [9.17, 15) is 14.4 Å². The van der Waals surface area contributed by atoms with Gasteiger partial charge in [0.1, 0.15) is 6.04 Å². The van der Waals surface area contributed by atoms with E-state index in [2.05, 4.69) is 5.32 Å². The van der Waals surface area contributed by atoms with Crippen LogP contribution in [-0.2, 0) is 14.4 Å². The molecule has 2 aliphatic rings. The molecule has 6 nitrogen and oxygen atoms in total. The van der Waals surface area contributed by atoms with Crippen LogP contribution in [0.25, 0.3) is 0 Å². The molecule has 100 valence electrons. The Labute approximate surface area is 106 Å². The molecular weight excluding hydrogens is 234 g/mol. The third-order valence-corrected chi connectivity index (χ3v) is 3.60. The van der Waals surface area contributed by atoms with Crippen LogP contribution < -0.4 is 5.32 Å². The molecule has 3 amide bonds. The molecule has 2 fully saturated rings. The maximum atomic E-state index is 11.9. The Morgan fingerprint density at radius 2 is 1.89 bits per heavy atom. The molecule has 2 rings (SSSR count). The molecule has 0 aromatic rings. The molecule has 0 aliphatic carbocycles. The lowest BCUT2D eigenvalue weighted by atomic mass is 10.2. The predicted molar refractivity (Wildman–Crippen MR) is 64.6 cm³/mol. The quantitative estimate of drug-likeness (QED) is 0.677. The van der Waals surface area contributed by atoms with E-state index >= 15 is 0 Å². The molecule has 0 bridgehead atoms. The summed E-state index contributed by atoms with van der Waals surface area (Å²) in [5.41, 5.74) is 0. The van der Waals surface area contributed by atoms with Crippen molar-refractivity contribution in [1.29, 1.82) is 0 Å². The first kappa shape index (κ1) is 12.9. The standard InChI is InChI=1S/C12H19N3O3/c16-9-15-7-3-4-10(15)12(18)13-8-11(17)14-5-1-2-6-14/h9-10H,1-8H2,(H,13,18). The van der Waals surface area contributed by atoms with Crippen LogP contribution in [-0.4, -0.2) is 60.2 Å². The predicted octanol–water partition coefficient (Wildman–Crippen LogP) is -0.654. The minimum Gasteiger partial charge on any atom is -0.345 e. The van der Waals surface area contributed by atoms with E-state index in [-0.39, 0.29) is 18.4 Å². The van der Waals surface area contributed by atoms with Crippen molar-refractivity contribution in [2.75, 3.05) is 26.2 Å². The summed E-state index contributed by atoms with van der Waals surface area (Å²) < 4.78 is 0. The van der Waals surface area contributed by atoms with Gasteiger partial charge in [0.05, 0.1) is 6.54 Å². The van der Waals surface area contributed by atoms with E-state index in [1.807, 2.05) is 0 Å². The molecule has 1 atom stereocenters. The Hall–Kier alpha value is -1.59. The number of carbonyl (C=O) groups is 3. The van der Waals surface area contributed by atoms with Crippen LogP contribution in [0.2, 0.25) is 0 Å². The van der Waals surface area contributed by atoms with Gasteiger partial charge >= 0.3 is 0 Å². The highest BCUT2D eigenvalue weighted by Gasteiger charge is 2.30. The van der Waals surface area contributed by atoms with Gasteiger partial charge in [-0.15, -0.1) is 0 Å². The number of hydrogen-bond acceptors (Lipinski definition) is 3. The van der Waals surface area contributed by atoms with Crippen molar-refractivity contribution in [3.63, 3.8) is 0 Å². The van der Waals surface area contributed by atoms with Gasteiger partial charge in [-0.25, -0.2) is 0 Å². The van der Waals surface area contributed by atoms with E-state index in [1.54, 1.807) is 4.90 Å². The second kappa shape index (κ2) is 5.84. The number of carbonyl (C=O) groups excluding carboxylic acids is 3. The highest BCUT2D eigenvalue weighted by atomic mass is 16.2. The van der Waals surface area contributed by atoms with Crippen LogP contribution in [0.15, 0.2) is 0 Å². The Kier molecular flexibility index (Phi) is 4.17. The van der Waals surface area contributed by atoms with E-state index in [4.69, 9.17) is 0 Å². The van der Waals surface area contributed by atoms with Crippen LogP contribution in [0.5, 0.6) is 0 Å². The molecule has 2 saturated heterocycles. The van der Waals surface area contributed by atoms with Crippen LogP contribution in [0.3, 0.4) is 0 Å². The largest absolute Gasteiger partial charge is 0.345 e. The molecule has 1 N–H and O–H groups in total. The van der Waals surface area contributed by atoms with Crippen molar-refractivity contribution in [3.05, 3.63) is 0 Å². The van der Waals surface area contributed by atoms with Gasteiger partial charge in [-0.2, -0.15) is 0 Å². The second-order valence-corrected chi connectivity index (χ2v) is 4.81. The summed E-state index contributed by atoms with van der Waals surface area (Å²) in [6, 6.07) is -0.395. The molecule has 2 heterocycles. The molecule has 0 aromatic heterocycles. The Morgan fingerprint density at radius 3 is 2.56 bits per heavy atom. The van der Waals surface area contributed by atoms with Gasteiger partial charge in [-0.3, -0.25) is 14.4 Å². The average Bonchev–Trinajstić information content (AvgIpc) is 3.04. The fourth-order valence-electron chi connectivity index (χ4n) is 2.56. The van der Waals surface area contributed by atoms with Crippen molar-refractivity contribution >= 4 is 18.2 Å². The summed E-state index contributed by atoms with van der Waals surface area (Å²) in [7, 11) is 0. The molecule has 18 heavy (non-hydrogen) atoms. The lowest BCUT2D eigenvalue weighted by Gasteiger charge is -2.20. The number of nitrogens with zero attached hydrogens (tertiary/aromatic N) is 2. The molecular formula is C12H19N3O3. The summed E-state index contributed by atoms with van der Waals surface area (Å²) in [4.78, 5) is 37.6. The average molecular weight is 253 g/mol. The fourth-order valence-corrected chi connectivity index (χ4v) is 2.56. The van der Waals surface area contributed by atoms with Crippen LogP contribution >= 0.6 is 0 Å². The third-order valence-electron chi connectivity index (χ3n) is 3.60. The molecule has 6 heteroatoms. The van der Waals surface area contributed by atoms with Gasteiger partial charge in [0.25, 0.3) is 0 Å². The first-order valence-electron chi connectivity index (χ1n) is 6.49. The normalized spacial score (nSPS) is 23.2. The van der Waals surface area contributed by atoms with E-state index in [0.717, 1.165) is 32.4 Å². The molecule has 0 aromatic carbocycles. The van der Waals surface area contributed by atoms with Gasteiger partial charge in [-0.1, -0.05) is 0 Å². The summed E-state index contributed by atoms with van der Waals surface area (Å²) in [6.07, 6.45) is 4.32. The van der Waals surface area contributed by atoms with E-state index in [0.29, 0.717) is 19.4 Å². The lowest BCUT2D eigenvalue weighted by Crippen LogP contribution is -2.46. The monoisotopic (exact) mass is 253 g/mol. The third kappa shape index (κ3) is 2.80. The maximum Gasteiger partial charge on any atom is 0.243 e. The first-order chi connectivity index (χ1) is 8.72. The van der Waals surface area contributed by atoms with Gasteiger partial charge in [-0.05, 0) is 25.7 Å². The zero-order chi connectivity index (χ0) is 13.0. The highest BCUT2D eigenvalue weighted by Crippen LogP contribution is 2.15. The summed E-state index contributed by atoms with van der Waals surface area (Å²) in [6.45, 7) is 2.25. The molecule has 1 unspecified atom stereocenters. The number of nitrogens with one attached hydrogen (secondary N) is 1. The molecule has 0 saturated carbocycles. The molecule has 0 spiro atoms. The Balaban J connectivity index is 1.77. The zero-order valence-electron chi connectivity index (χ0n) is 10.4. The Morgan fingerprint density at radius 1 is 1.17 bits per heavy atom. The second-order valence-electron chi connectivity index (χ2n) is 4.81. The summed E-state index contributed by atoms with van der Waals surface area (Å²) in [5.74, 6) is -0.247. The van der Waals surface area contributed by atoms with Gasteiger partial charge < -0.3 is 15.1 Å². The van der Waals surface area contributed by atoms with Crippen molar-refractivity contribution in [3.8, 4) is 0 Å². The number of rotatable bonds is 4. The maximum absolute atomic E-state index is 11.9. The fraction of sp³-hybridized carbons (Fsp3) is 0.750. The van der Waals surface area contributed by atoms with Crippen molar-refractivity contribution in [1.82, 2.24) is 15.1 Å². The zero-order valence-corrected chi connectivity index (χ0v) is 10.4. The van der Waals surface area contributed by atoms with E-state index < -0.39 is 6.04 Å². The summed E-state index contributed by atoms with van der Waals surface area (Å²) >= 11 is 0. The van der Waals surface area contributed by atoms with Crippen molar-refractivity contribution in [2.24, 2.45) is 0 Å². The molecule has 0 radical (unpaired) electrons. The first-order valence-corrected chi connectivity index (χ1v) is 6.49. The SMILES string of the molecule is O=CN1CCCC1C(=O)NCC(=O)N1CCCC1. The van der Waals surface area contributed by atoms with Gasteiger partial charge in [0.2, 0.25) is 18.2 Å². The van der Waals surface area contributed by atoms with Gasteiger partial charge in [0.15, 0.2) is 0 Å². The lowest BCUT2D eigenvalue weighted by molar-refractivity contribution is -0.134. The van der Waals surface area contributed by atoms with E-state index in [1.165, 1.54) is 4.90 Å². The van der Waals surface area contributed by atoms with Crippen molar-refractivity contribution < 1.29 is 14.4 Å². The van der Waals surface area contributed by atoms with Crippen molar-refractivity contribution in [2.45, 2.75) is 31.7 Å². The Bertz CT molecular complexity index is 339. The van der Waals surface area contributed by atoms with Crippen LogP contribution in [0.4, 0.5) is 0 Å².